The molecule has 0 fully saturated rings. The topological polar surface area (TPSA) is 75.6 Å². The lowest BCUT2D eigenvalue weighted by atomic mass is 10.0. The van der Waals surface area contributed by atoms with Crippen LogP contribution in [0.4, 0.5) is 0 Å². The third kappa shape index (κ3) is 3.37. The van der Waals surface area contributed by atoms with Crippen LogP contribution >= 0.6 is 0 Å². The summed E-state index contributed by atoms with van der Waals surface area (Å²) in [4.78, 5) is 12.4. The molecule has 6 nitrogen and oxygen atoms in total. The van der Waals surface area contributed by atoms with Gasteiger partial charge < -0.3 is 5.32 Å². The Labute approximate surface area is 140 Å². The highest BCUT2D eigenvalue weighted by Gasteiger charge is 2.12. The van der Waals surface area contributed by atoms with Crippen LogP contribution in [-0.2, 0) is 6.54 Å². The molecular weight excluding hydrogens is 302 g/mol. The summed E-state index contributed by atoms with van der Waals surface area (Å²) in [5, 5.41) is 14.3. The SMILES string of the molecule is Cc1n[nH]c(C)c1-c1ccc(C(=O)N[C@H](C)Cn2cccn2)cc1. The molecule has 24 heavy (non-hydrogen) atoms. The molecule has 0 radical (unpaired) electrons. The van der Waals surface area contributed by atoms with Gasteiger partial charge in [0.15, 0.2) is 0 Å². The van der Waals surface area contributed by atoms with Gasteiger partial charge in [0.2, 0.25) is 0 Å². The maximum absolute atomic E-state index is 12.4. The van der Waals surface area contributed by atoms with E-state index in [1.165, 1.54) is 0 Å². The molecule has 1 aromatic carbocycles. The molecule has 0 bridgehead atoms. The van der Waals surface area contributed by atoms with Crippen molar-refractivity contribution in [3.8, 4) is 11.1 Å². The molecule has 1 amide bonds. The van der Waals surface area contributed by atoms with Crippen LogP contribution in [0.3, 0.4) is 0 Å². The molecule has 0 aliphatic heterocycles. The number of rotatable bonds is 5. The van der Waals surface area contributed by atoms with Crippen LogP contribution < -0.4 is 5.32 Å². The number of aromatic amines is 1. The Morgan fingerprint density at radius 2 is 2.04 bits per heavy atom. The van der Waals surface area contributed by atoms with E-state index >= 15 is 0 Å². The van der Waals surface area contributed by atoms with Crippen molar-refractivity contribution in [1.29, 1.82) is 0 Å². The summed E-state index contributed by atoms with van der Waals surface area (Å²) in [5.41, 5.74) is 4.77. The lowest BCUT2D eigenvalue weighted by molar-refractivity contribution is 0.0936. The lowest BCUT2D eigenvalue weighted by Gasteiger charge is -2.14. The Morgan fingerprint density at radius 3 is 2.62 bits per heavy atom. The minimum Gasteiger partial charge on any atom is -0.348 e. The number of hydrogen-bond donors (Lipinski definition) is 2. The van der Waals surface area contributed by atoms with Gasteiger partial charge in [0.05, 0.1) is 12.2 Å². The predicted molar refractivity (Wildman–Crippen MR) is 92.7 cm³/mol. The second-order valence-electron chi connectivity index (χ2n) is 5.99. The van der Waals surface area contributed by atoms with E-state index in [-0.39, 0.29) is 11.9 Å². The monoisotopic (exact) mass is 323 g/mol. The van der Waals surface area contributed by atoms with Gasteiger partial charge in [0, 0.05) is 35.3 Å². The number of nitrogens with zero attached hydrogens (tertiary/aromatic N) is 3. The number of carbonyl (C=O) groups excluding carboxylic acids is 1. The van der Waals surface area contributed by atoms with Crippen LogP contribution in [0.15, 0.2) is 42.7 Å². The first-order chi connectivity index (χ1) is 11.5. The third-order valence-electron chi connectivity index (χ3n) is 3.96. The summed E-state index contributed by atoms with van der Waals surface area (Å²) in [6.07, 6.45) is 3.61. The number of aromatic nitrogens is 4. The van der Waals surface area contributed by atoms with Crippen molar-refractivity contribution in [2.45, 2.75) is 33.4 Å². The first-order valence-corrected chi connectivity index (χ1v) is 7.95. The van der Waals surface area contributed by atoms with E-state index in [4.69, 9.17) is 0 Å². The summed E-state index contributed by atoms with van der Waals surface area (Å²) in [6.45, 7) is 6.57. The predicted octanol–water partition coefficient (Wildman–Crippen LogP) is 2.71. The van der Waals surface area contributed by atoms with Crippen LogP contribution in [0, 0.1) is 13.8 Å². The smallest absolute Gasteiger partial charge is 0.251 e. The van der Waals surface area contributed by atoms with Crippen molar-refractivity contribution in [3.63, 3.8) is 0 Å². The fraction of sp³-hybridized carbons (Fsp3) is 0.278. The maximum atomic E-state index is 12.4. The van der Waals surface area contributed by atoms with Crippen molar-refractivity contribution >= 4 is 5.91 Å². The number of carbonyl (C=O) groups is 1. The van der Waals surface area contributed by atoms with Crippen LogP contribution in [-0.4, -0.2) is 31.9 Å². The molecular formula is C18H21N5O. The highest BCUT2D eigenvalue weighted by molar-refractivity contribution is 5.94. The molecule has 0 saturated heterocycles. The highest BCUT2D eigenvalue weighted by atomic mass is 16.1. The number of nitrogens with one attached hydrogen (secondary N) is 2. The average Bonchev–Trinajstić information content (AvgIpc) is 3.17. The van der Waals surface area contributed by atoms with Gasteiger partial charge in [0.1, 0.15) is 0 Å². The zero-order chi connectivity index (χ0) is 17.1. The minimum absolute atomic E-state index is 0.00422. The molecule has 2 heterocycles. The molecule has 0 spiro atoms. The molecule has 0 unspecified atom stereocenters. The number of benzene rings is 1. The second-order valence-corrected chi connectivity index (χ2v) is 5.99. The van der Waals surface area contributed by atoms with Crippen molar-refractivity contribution in [2.24, 2.45) is 0 Å². The molecule has 2 N–H and O–H groups in total. The molecule has 2 aromatic heterocycles. The van der Waals surface area contributed by atoms with Crippen molar-refractivity contribution < 1.29 is 4.79 Å². The number of aryl methyl sites for hydroxylation is 2. The van der Waals surface area contributed by atoms with Crippen LogP contribution in [0.25, 0.3) is 11.1 Å². The first-order valence-electron chi connectivity index (χ1n) is 7.95. The van der Waals surface area contributed by atoms with Gasteiger partial charge in [-0.15, -0.1) is 0 Å². The molecule has 0 saturated carbocycles. The average molecular weight is 323 g/mol. The van der Waals surface area contributed by atoms with Gasteiger partial charge in [-0.2, -0.15) is 10.2 Å². The number of H-pyrrole nitrogens is 1. The Bertz CT molecular complexity index is 798. The molecule has 6 heteroatoms. The van der Waals surface area contributed by atoms with Crippen molar-refractivity contribution in [1.82, 2.24) is 25.3 Å². The van der Waals surface area contributed by atoms with E-state index in [1.54, 1.807) is 10.9 Å². The van der Waals surface area contributed by atoms with E-state index in [0.29, 0.717) is 12.1 Å². The summed E-state index contributed by atoms with van der Waals surface area (Å²) in [6, 6.07) is 9.47. The molecule has 0 aliphatic rings. The Balaban J connectivity index is 1.68. The Hall–Kier alpha value is -2.89. The third-order valence-corrected chi connectivity index (χ3v) is 3.96. The number of hydrogen-bond acceptors (Lipinski definition) is 3. The summed E-state index contributed by atoms with van der Waals surface area (Å²) in [5.74, 6) is -0.0816. The normalized spacial score (nSPS) is 12.1. The van der Waals surface area contributed by atoms with E-state index in [1.807, 2.05) is 57.3 Å². The molecule has 0 aliphatic carbocycles. The summed E-state index contributed by atoms with van der Waals surface area (Å²) in [7, 11) is 0. The molecule has 124 valence electrons. The van der Waals surface area contributed by atoms with Gasteiger partial charge in [-0.1, -0.05) is 12.1 Å². The summed E-state index contributed by atoms with van der Waals surface area (Å²) >= 11 is 0. The molecule has 1 atom stereocenters. The molecule has 3 rings (SSSR count). The largest absolute Gasteiger partial charge is 0.348 e. The van der Waals surface area contributed by atoms with E-state index in [0.717, 1.165) is 22.5 Å². The standard InChI is InChI=1S/C18H21N5O/c1-12(11-23-10-4-9-19-23)20-18(24)16-7-5-15(6-8-16)17-13(2)21-22-14(17)3/h4-10,12H,11H2,1-3H3,(H,20,24)(H,21,22)/t12-/m1/s1. The molecule has 3 aromatic rings. The second kappa shape index (κ2) is 6.70. The van der Waals surface area contributed by atoms with E-state index in [2.05, 4.69) is 20.6 Å². The van der Waals surface area contributed by atoms with Crippen molar-refractivity contribution in [3.05, 3.63) is 59.7 Å². The van der Waals surface area contributed by atoms with Crippen molar-refractivity contribution in [2.75, 3.05) is 0 Å². The fourth-order valence-electron chi connectivity index (χ4n) is 2.81. The van der Waals surface area contributed by atoms with Gasteiger partial charge in [0.25, 0.3) is 5.91 Å². The Morgan fingerprint density at radius 1 is 1.29 bits per heavy atom. The van der Waals surface area contributed by atoms with Crippen LogP contribution in [0.2, 0.25) is 0 Å². The minimum atomic E-state index is -0.0816. The van der Waals surface area contributed by atoms with Gasteiger partial charge in [-0.25, -0.2) is 0 Å². The lowest BCUT2D eigenvalue weighted by Crippen LogP contribution is -2.35. The van der Waals surface area contributed by atoms with Crippen LogP contribution in [0.5, 0.6) is 0 Å². The highest BCUT2D eigenvalue weighted by Crippen LogP contribution is 2.25. The summed E-state index contributed by atoms with van der Waals surface area (Å²) < 4.78 is 1.80. The first kappa shape index (κ1) is 16.0. The zero-order valence-electron chi connectivity index (χ0n) is 14.1. The fourth-order valence-corrected chi connectivity index (χ4v) is 2.81. The zero-order valence-corrected chi connectivity index (χ0v) is 14.1. The maximum Gasteiger partial charge on any atom is 0.251 e. The van der Waals surface area contributed by atoms with Gasteiger partial charge >= 0.3 is 0 Å². The van der Waals surface area contributed by atoms with E-state index < -0.39 is 0 Å². The number of amides is 1. The Kier molecular flexibility index (Phi) is 4.46. The van der Waals surface area contributed by atoms with Crippen LogP contribution in [0.1, 0.15) is 28.7 Å². The quantitative estimate of drug-likeness (QED) is 0.758. The van der Waals surface area contributed by atoms with E-state index in [9.17, 15) is 4.79 Å². The van der Waals surface area contributed by atoms with Gasteiger partial charge in [-0.05, 0) is 44.5 Å². The van der Waals surface area contributed by atoms with Gasteiger partial charge in [-0.3, -0.25) is 14.6 Å².